The van der Waals surface area contributed by atoms with Crippen molar-refractivity contribution in [1.82, 2.24) is 15.1 Å². The third-order valence-electron chi connectivity index (χ3n) is 8.94. The van der Waals surface area contributed by atoms with E-state index in [0.717, 1.165) is 44.7 Å². The number of anilines is 1. The van der Waals surface area contributed by atoms with Crippen molar-refractivity contribution in [1.29, 1.82) is 0 Å². The van der Waals surface area contributed by atoms with E-state index >= 15 is 4.39 Å². The number of hydrogen-bond donors (Lipinski definition) is 1. The van der Waals surface area contributed by atoms with Crippen LogP contribution in [-0.4, -0.2) is 38.5 Å². The van der Waals surface area contributed by atoms with Gasteiger partial charge in [-0.15, -0.1) is 0 Å². The lowest BCUT2D eigenvalue weighted by Crippen LogP contribution is -2.51. The Labute approximate surface area is 251 Å². The predicted molar refractivity (Wildman–Crippen MR) is 159 cm³/mol. The molecule has 0 aliphatic heterocycles. The zero-order valence-electron chi connectivity index (χ0n) is 26.1. The number of fused-ring (bicyclic) bond motifs is 3. The van der Waals surface area contributed by atoms with E-state index in [2.05, 4.69) is 15.1 Å². The summed E-state index contributed by atoms with van der Waals surface area (Å²) in [4.78, 5) is 24.0. The van der Waals surface area contributed by atoms with Gasteiger partial charge in [0.2, 0.25) is 0 Å². The number of carbonyl (C=O) groups excluding carboxylic acids is 1. The van der Waals surface area contributed by atoms with Crippen LogP contribution in [0.25, 0.3) is 11.1 Å². The summed E-state index contributed by atoms with van der Waals surface area (Å²) in [7, 11) is 0. The van der Waals surface area contributed by atoms with Crippen LogP contribution in [0.2, 0.25) is 0 Å². The highest BCUT2D eigenvalue weighted by Gasteiger charge is 2.53. The number of aliphatic hydroxyl groups is 1. The Bertz CT molecular complexity index is 1460. The second-order valence-electron chi connectivity index (χ2n) is 14.4. The summed E-state index contributed by atoms with van der Waals surface area (Å²) in [6, 6.07) is 8.61. The Morgan fingerprint density at radius 1 is 1.02 bits per heavy atom. The van der Waals surface area contributed by atoms with Gasteiger partial charge in [0.05, 0.1) is 11.8 Å². The average molecular weight is 597 g/mol. The molecular weight excluding hydrogens is 554 g/mol. The van der Waals surface area contributed by atoms with E-state index in [1.807, 2.05) is 20.8 Å². The second-order valence-corrected chi connectivity index (χ2v) is 14.4. The van der Waals surface area contributed by atoms with Gasteiger partial charge in [0, 0.05) is 17.5 Å². The molecule has 1 aromatic carbocycles. The average Bonchev–Trinajstić information content (AvgIpc) is 3.44. The van der Waals surface area contributed by atoms with Crippen molar-refractivity contribution >= 4 is 11.9 Å². The van der Waals surface area contributed by atoms with Gasteiger partial charge in [-0.2, -0.15) is 4.98 Å². The normalized spacial score (nSPS) is 22.5. The van der Waals surface area contributed by atoms with E-state index in [0.29, 0.717) is 34.9 Å². The number of hydrogen-bond acceptors (Lipinski definition) is 7. The molecule has 0 atom stereocenters. The van der Waals surface area contributed by atoms with Crippen LogP contribution in [-0.2, 0) is 21.4 Å². The first-order valence-electron chi connectivity index (χ1n) is 14.9. The van der Waals surface area contributed by atoms with Gasteiger partial charge < -0.3 is 14.4 Å². The highest BCUT2D eigenvalue weighted by Crippen LogP contribution is 2.57. The molecule has 3 aromatic rings. The number of rotatable bonds is 7. The van der Waals surface area contributed by atoms with Gasteiger partial charge in [-0.05, 0) is 110 Å². The molecule has 10 heteroatoms. The molecule has 3 saturated carbocycles. The molecule has 1 amide bonds. The highest BCUT2D eigenvalue weighted by molar-refractivity contribution is 5.88. The predicted octanol–water partition coefficient (Wildman–Crippen LogP) is 7.74. The first-order chi connectivity index (χ1) is 19.9. The van der Waals surface area contributed by atoms with E-state index in [1.54, 1.807) is 44.2 Å². The van der Waals surface area contributed by atoms with E-state index in [-0.39, 0.29) is 16.7 Å². The summed E-state index contributed by atoms with van der Waals surface area (Å²) in [5.41, 5.74) is -2.34. The van der Waals surface area contributed by atoms with Crippen LogP contribution in [0.15, 0.2) is 41.1 Å². The lowest BCUT2D eigenvalue weighted by Gasteiger charge is -2.53. The molecule has 0 spiro atoms. The van der Waals surface area contributed by atoms with Crippen LogP contribution in [0.5, 0.6) is 0 Å². The molecule has 2 aromatic heterocycles. The fourth-order valence-electron chi connectivity index (χ4n) is 6.26. The molecule has 0 radical (unpaired) electrons. The lowest BCUT2D eigenvalue weighted by molar-refractivity contribution is 0.0304. The van der Waals surface area contributed by atoms with Crippen molar-refractivity contribution in [3.63, 3.8) is 0 Å². The second kappa shape index (κ2) is 10.6. The van der Waals surface area contributed by atoms with Crippen LogP contribution in [0, 0.1) is 11.2 Å². The van der Waals surface area contributed by atoms with Gasteiger partial charge in [-0.25, -0.2) is 18.6 Å². The Hall–Kier alpha value is -3.40. The largest absolute Gasteiger partial charge is 0.443 e. The fraction of sp³-hybridized carbons (Fsp3) is 0.576. The molecule has 3 aliphatic rings. The topological polar surface area (TPSA) is 102 Å². The molecule has 8 nitrogen and oxygen atoms in total. The monoisotopic (exact) mass is 596 g/mol. The molecule has 43 heavy (non-hydrogen) atoms. The number of carbonyl (C=O) groups is 1. The zero-order valence-corrected chi connectivity index (χ0v) is 26.1. The first kappa shape index (κ1) is 31.0. The lowest BCUT2D eigenvalue weighted by atomic mass is 9.53. The van der Waals surface area contributed by atoms with Gasteiger partial charge >= 0.3 is 6.09 Å². The Morgan fingerprint density at radius 2 is 1.63 bits per heavy atom. The smallest absolute Gasteiger partial charge is 0.416 e. The number of benzene rings is 1. The highest BCUT2D eigenvalue weighted by atomic mass is 19.1. The van der Waals surface area contributed by atoms with Gasteiger partial charge in [0.1, 0.15) is 17.2 Å². The van der Waals surface area contributed by atoms with Crippen LogP contribution in [0.3, 0.4) is 0 Å². The maximum atomic E-state index is 15.1. The zero-order chi connectivity index (χ0) is 31.4. The van der Waals surface area contributed by atoms with Crippen LogP contribution in [0.1, 0.15) is 104 Å². The molecule has 1 N–H and O–H groups in total. The number of amides is 1. The molecule has 0 unspecified atom stereocenters. The van der Waals surface area contributed by atoms with Crippen molar-refractivity contribution in [2.75, 3.05) is 11.4 Å². The molecule has 0 saturated heterocycles. The van der Waals surface area contributed by atoms with Crippen LogP contribution >= 0.6 is 0 Å². The van der Waals surface area contributed by atoms with Crippen LogP contribution in [0.4, 0.5) is 19.4 Å². The molecule has 3 fully saturated rings. The van der Waals surface area contributed by atoms with Crippen molar-refractivity contribution in [2.45, 2.75) is 109 Å². The molecule has 6 rings (SSSR count). The number of aromatic nitrogens is 3. The van der Waals surface area contributed by atoms with Crippen molar-refractivity contribution in [3.8, 4) is 11.1 Å². The van der Waals surface area contributed by atoms with E-state index in [4.69, 9.17) is 9.26 Å². The van der Waals surface area contributed by atoms with Gasteiger partial charge in [-0.1, -0.05) is 29.4 Å². The fourth-order valence-corrected chi connectivity index (χ4v) is 6.26. The molecule has 232 valence electrons. The van der Waals surface area contributed by atoms with Crippen molar-refractivity contribution < 1.29 is 27.9 Å². The minimum Gasteiger partial charge on any atom is -0.443 e. The molecule has 2 heterocycles. The van der Waals surface area contributed by atoms with Crippen molar-refractivity contribution in [3.05, 3.63) is 59.6 Å². The van der Waals surface area contributed by atoms with Crippen molar-refractivity contribution in [2.24, 2.45) is 5.41 Å². The number of alkyl halides is 1. The van der Waals surface area contributed by atoms with Gasteiger partial charge in [0.25, 0.3) is 5.89 Å². The number of halogens is 2. The van der Waals surface area contributed by atoms with E-state index in [1.165, 1.54) is 18.7 Å². The van der Waals surface area contributed by atoms with E-state index < -0.39 is 28.8 Å². The Balaban J connectivity index is 1.43. The summed E-state index contributed by atoms with van der Waals surface area (Å²) in [5, 5.41) is 14.5. The summed E-state index contributed by atoms with van der Waals surface area (Å²) in [5.74, 6) is 0.342. The number of pyridine rings is 1. The first-order valence-corrected chi connectivity index (χ1v) is 14.9. The van der Waals surface area contributed by atoms with Crippen LogP contribution < -0.4 is 4.90 Å². The quantitative estimate of drug-likeness (QED) is 0.298. The van der Waals surface area contributed by atoms with E-state index in [9.17, 15) is 14.3 Å². The summed E-state index contributed by atoms with van der Waals surface area (Å²) in [6.07, 6.45) is 5.38. The molecular formula is C33H42F2N4O4. The maximum Gasteiger partial charge on any atom is 0.416 e. The number of ether oxygens (including phenoxy) is 1. The summed E-state index contributed by atoms with van der Waals surface area (Å²) >= 11 is 0. The third kappa shape index (κ3) is 6.44. The third-order valence-corrected chi connectivity index (χ3v) is 8.94. The molecule has 3 aliphatic carbocycles. The number of nitrogens with zero attached hydrogens (tertiary/aromatic N) is 4. The van der Waals surface area contributed by atoms with Gasteiger partial charge in [0.15, 0.2) is 11.5 Å². The summed E-state index contributed by atoms with van der Waals surface area (Å²) in [6.45, 7) is 12.0. The standard InChI is InChI=1S/C33H42F2N4O4/c1-29(2,3)42-28(40)39(25-18-23(24(34)19-36-25)21-8-10-22(11-9-21)31(6,7)41)20-32-12-15-33(16-13-32,17-14-32)26-37-27(43-38-26)30(4,5)35/h8-11,18-19,41H,12-17,20H2,1-7H3. The van der Waals surface area contributed by atoms with Gasteiger partial charge in [-0.3, -0.25) is 4.90 Å². The minimum atomic E-state index is -1.71. The Morgan fingerprint density at radius 3 is 2.14 bits per heavy atom. The Kier molecular flexibility index (Phi) is 7.68. The molecule has 2 bridgehead atoms. The SMILES string of the molecule is CC(C)(C)OC(=O)N(CC12CCC(c3noc(C(C)(C)F)n3)(CC1)CC2)c1cc(-c2ccc(C(C)(C)O)cc2)c(F)cn1. The maximum absolute atomic E-state index is 15.1. The minimum absolute atomic E-state index is 0.0108. The summed E-state index contributed by atoms with van der Waals surface area (Å²) < 4.78 is 40.6.